The van der Waals surface area contributed by atoms with Crippen LogP contribution in [0.3, 0.4) is 0 Å². The van der Waals surface area contributed by atoms with Gasteiger partial charge in [0, 0.05) is 11.8 Å². The number of aromatic nitrogens is 2. The van der Waals surface area contributed by atoms with Crippen molar-refractivity contribution >= 4 is 5.95 Å². The lowest BCUT2D eigenvalue weighted by atomic mass is 10.1. The number of rotatable bonds is 5. The molecule has 1 heterocycles. The van der Waals surface area contributed by atoms with Crippen molar-refractivity contribution in [2.24, 2.45) is 0 Å². The number of benzene rings is 2. The molecule has 0 amide bonds. The Balaban J connectivity index is 1.79. The SMILES string of the molecule is COc1ccc(-c2ccnc(N[C@H](C)c3cccc(F)c3)n2)cc1. The fourth-order valence-corrected chi connectivity index (χ4v) is 2.40. The normalized spacial score (nSPS) is 11.8. The summed E-state index contributed by atoms with van der Waals surface area (Å²) < 4.78 is 18.5. The van der Waals surface area contributed by atoms with Gasteiger partial charge in [-0.05, 0) is 55.0 Å². The molecular formula is C19H18FN3O. The third kappa shape index (κ3) is 3.68. The van der Waals surface area contributed by atoms with Crippen LogP contribution in [0.15, 0.2) is 60.8 Å². The van der Waals surface area contributed by atoms with Crippen molar-refractivity contribution in [2.75, 3.05) is 12.4 Å². The Bertz CT molecular complexity index is 821. The molecule has 0 aliphatic heterocycles. The smallest absolute Gasteiger partial charge is 0.223 e. The Morgan fingerprint density at radius 3 is 2.58 bits per heavy atom. The minimum atomic E-state index is -0.256. The zero-order chi connectivity index (χ0) is 16.9. The molecule has 24 heavy (non-hydrogen) atoms. The van der Waals surface area contributed by atoms with Crippen LogP contribution >= 0.6 is 0 Å². The Morgan fingerprint density at radius 1 is 1.08 bits per heavy atom. The van der Waals surface area contributed by atoms with E-state index in [9.17, 15) is 4.39 Å². The largest absolute Gasteiger partial charge is 0.497 e. The summed E-state index contributed by atoms with van der Waals surface area (Å²) in [5.74, 6) is 1.04. The number of ether oxygens (including phenoxy) is 1. The molecule has 0 spiro atoms. The summed E-state index contributed by atoms with van der Waals surface area (Å²) >= 11 is 0. The van der Waals surface area contributed by atoms with Crippen LogP contribution in [0.5, 0.6) is 5.75 Å². The molecule has 0 radical (unpaired) electrons. The van der Waals surface area contributed by atoms with E-state index in [0.717, 1.165) is 22.6 Å². The van der Waals surface area contributed by atoms with Gasteiger partial charge >= 0.3 is 0 Å². The Morgan fingerprint density at radius 2 is 1.88 bits per heavy atom. The van der Waals surface area contributed by atoms with Crippen molar-refractivity contribution in [3.05, 3.63) is 72.2 Å². The van der Waals surface area contributed by atoms with Gasteiger partial charge in [0.05, 0.1) is 18.8 Å². The Kier molecular flexibility index (Phi) is 4.70. The van der Waals surface area contributed by atoms with Gasteiger partial charge in [-0.2, -0.15) is 0 Å². The molecule has 0 fully saturated rings. The van der Waals surface area contributed by atoms with Crippen LogP contribution in [0.2, 0.25) is 0 Å². The second-order valence-electron chi connectivity index (χ2n) is 5.42. The lowest BCUT2D eigenvalue weighted by molar-refractivity contribution is 0.415. The predicted octanol–water partition coefficient (Wildman–Crippen LogP) is 4.46. The van der Waals surface area contributed by atoms with Crippen LogP contribution in [-0.4, -0.2) is 17.1 Å². The monoisotopic (exact) mass is 323 g/mol. The molecule has 2 aromatic carbocycles. The molecule has 3 rings (SSSR count). The number of hydrogen-bond donors (Lipinski definition) is 1. The van der Waals surface area contributed by atoms with Crippen LogP contribution < -0.4 is 10.1 Å². The fraction of sp³-hybridized carbons (Fsp3) is 0.158. The second kappa shape index (κ2) is 7.08. The molecular weight excluding hydrogens is 305 g/mol. The highest BCUT2D eigenvalue weighted by Crippen LogP contribution is 2.23. The van der Waals surface area contributed by atoms with Gasteiger partial charge in [0.2, 0.25) is 5.95 Å². The number of nitrogens with one attached hydrogen (secondary N) is 1. The van der Waals surface area contributed by atoms with Crippen LogP contribution in [-0.2, 0) is 0 Å². The molecule has 4 nitrogen and oxygen atoms in total. The molecule has 0 bridgehead atoms. The zero-order valence-electron chi connectivity index (χ0n) is 13.5. The molecule has 0 saturated carbocycles. The molecule has 0 aliphatic rings. The van der Waals surface area contributed by atoms with E-state index in [1.54, 1.807) is 19.4 Å². The highest BCUT2D eigenvalue weighted by Gasteiger charge is 2.09. The fourth-order valence-electron chi connectivity index (χ4n) is 2.40. The van der Waals surface area contributed by atoms with Crippen LogP contribution in [0.1, 0.15) is 18.5 Å². The first-order valence-corrected chi connectivity index (χ1v) is 7.65. The van der Waals surface area contributed by atoms with Crippen molar-refractivity contribution in [1.29, 1.82) is 0 Å². The van der Waals surface area contributed by atoms with Gasteiger partial charge in [-0.15, -0.1) is 0 Å². The van der Waals surface area contributed by atoms with E-state index >= 15 is 0 Å². The van der Waals surface area contributed by atoms with Crippen LogP contribution in [0.4, 0.5) is 10.3 Å². The van der Waals surface area contributed by atoms with Crippen molar-refractivity contribution in [3.63, 3.8) is 0 Å². The van der Waals surface area contributed by atoms with Crippen LogP contribution in [0.25, 0.3) is 11.3 Å². The maximum Gasteiger partial charge on any atom is 0.223 e. The van der Waals surface area contributed by atoms with E-state index < -0.39 is 0 Å². The zero-order valence-corrected chi connectivity index (χ0v) is 13.5. The van der Waals surface area contributed by atoms with Gasteiger partial charge in [-0.1, -0.05) is 12.1 Å². The third-order valence-electron chi connectivity index (χ3n) is 3.74. The summed E-state index contributed by atoms with van der Waals surface area (Å²) in [6.45, 7) is 1.94. The van der Waals surface area contributed by atoms with Crippen molar-refractivity contribution in [3.8, 4) is 17.0 Å². The first kappa shape index (κ1) is 15.9. The highest BCUT2D eigenvalue weighted by atomic mass is 19.1. The van der Waals surface area contributed by atoms with Crippen molar-refractivity contribution < 1.29 is 9.13 Å². The lowest BCUT2D eigenvalue weighted by Crippen LogP contribution is -2.09. The Hall–Kier alpha value is -2.95. The molecule has 122 valence electrons. The first-order valence-electron chi connectivity index (χ1n) is 7.65. The number of anilines is 1. The maximum atomic E-state index is 13.3. The minimum Gasteiger partial charge on any atom is -0.497 e. The molecule has 1 aromatic heterocycles. The summed E-state index contributed by atoms with van der Waals surface area (Å²) in [4.78, 5) is 8.78. The third-order valence-corrected chi connectivity index (χ3v) is 3.74. The number of halogens is 1. The maximum absolute atomic E-state index is 13.3. The molecule has 1 N–H and O–H groups in total. The van der Waals surface area contributed by atoms with E-state index in [1.807, 2.05) is 43.3 Å². The molecule has 1 atom stereocenters. The summed E-state index contributed by atoms with van der Waals surface area (Å²) in [7, 11) is 1.63. The van der Waals surface area contributed by atoms with E-state index in [2.05, 4.69) is 15.3 Å². The van der Waals surface area contributed by atoms with Gasteiger partial charge in [-0.25, -0.2) is 14.4 Å². The second-order valence-corrected chi connectivity index (χ2v) is 5.42. The average Bonchev–Trinajstić information content (AvgIpc) is 2.62. The van der Waals surface area contributed by atoms with Crippen LogP contribution in [0, 0.1) is 5.82 Å². The van der Waals surface area contributed by atoms with Gasteiger partial charge in [0.25, 0.3) is 0 Å². The summed E-state index contributed by atoms with van der Waals surface area (Å²) in [6.07, 6.45) is 1.70. The highest BCUT2D eigenvalue weighted by molar-refractivity contribution is 5.61. The average molecular weight is 323 g/mol. The number of nitrogens with zero attached hydrogens (tertiary/aromatic N) is 2. The molecule has 3 aromatic rings. The van der Waals surface area contributed by atoms with Gasteiger partial charge in [0.15, 0.2) is 0 Å². The van der Waals surface area contributed by atoms with E-state index in [4.69, 9.17) is 4.74 Å². The molecule has 0 aliphatic carbocycles. The van der Waals surface area contributed by atoms with Crippen molar-refractivity contribution in [2.45, 2.75) is 13.0 Å². The predicted molar refractivity (Wildman–Crippen MR) is 92.5 cm³/mol. The standard InChI is InChI=1S/C19H18FN3O/c1-13(15-4-3-5-16(20)12-15)22-19-21-11-10-18(23-19)14-6-8-17(24-2)9-7-14/h3-13H,1-2H3,(H,21,22,23)/t13-/m1/s1. The van der Waals surface area contributed by atoms with Crippen molar-refractivity contribution in [1.82, 2.24) is 9.97 Å². The topological polar surface area (TPSA) is 47.0 Å². The molecule has 0 unspecified atom stereocenters. The lowest BCUT2D eigenvalue weighted by Gasteiger charge is -2.14. The van der Waals surface area contributed by atoms with E-state index in [1.165, 1.54) is 12.1 Å². The minimum absolute atomic E-state index is 0.105. The van der Waals surface area contributed by atoms with Gasteiger partial charge < -0.3 is 10.1 Å². The first-order chi connectivity index (χ1) is 11.7. The summed E-state index contributed by atoms with van der Waals surface area (Å²) in [6, 6.07) is 15.9. The van der Waals surface area contributed by atoms with E-state index in [-0.39, 0.29) is 11.9 Å². The van der Waals surface area contributed by atoms with Gasteiger partial charge in [-0.3, -0.25) is 0 Å². The van der Waals surface area contributed by atoms with E-state index in [0.29, 0.717) is 5.95 Å². The molecule has 0 saturated heterocycles. The number of methoxy groups -OCH3 is 1. The Labute approximate surface area is 140 Å². The number of hydrogen-bond acceptors (Lipinski definition) is 4. The molecule has 5 heteroatoms. The quantitative estimate of drug-likeness (QED) is 0.753. The summed E-state index contributed by atoms with van der Waals surface area (Å²) in [5.41, 5.74) is 2.62. The summed E-state index contributed by atoms with van der Waals surface area (Å²) in [5, 5.41) is 3.20. The van der Waals surface area contributed by atoms with Gasteiger partial charge in [0.1, 0.15) is 11.6 Å².